The quantitative estimate of drug-likeness (QED) is 0.846. The summed E-state index contributed by atoms with van der Waals surface area (Å²) in [5, 5.41) is 9.53. The van der Waals surface area contributed by atoms with Crippen LogP contribution in [0.5, 0.6) is 0 Å². The predicted octanol–water partition coefficient (Wildman–Crippen LogP) is 1.47. The van der Waals surface area contributed by atoms with E-state index in [1.54, 1.807) is 6.92 Å². The highest BCUT2D eigenvalue weighted by molar-refractivity contribution is 5.22. The number of nitrogens with zero attached hydrogens (tertiary/aromatic N) is 1. The number of furan rings is 1. The van der Waals surface area contributed by atoms with E-state index < -0.39 is 6.10 Å². The topological polar surface area (TPSA) is 45.8 Å². The van der Waals surface area contributed by atoms with Crippen LogP contribution >= 0.6 is 0 Å². The van der Waals surface area contributed by atoms with Gasteiger partial charge in [-0.2, -0.15) is 0 Å². The van der Waals surface area contributed by atoms with Gasteiger partial charge >= 0.3 is 0 Å². The number of aryl methyl sites for hydroxylation is 1. The minimum absolute atomic E-state index is 0.456. The summed E-state index contributed by atoms with van der Waals surface area (Å²) >= 11 is 0. The number of hydrogen-bond donors (Lipinski definition) is 1. The Morgan fingerprint density at radius 1 is 1.44 bits per heavy atom. The van der Waals surface area contributed by atoms with Gasteiger partial charge in [-0.1, -0.05) is 0 Å². The van der Waals surface area contributed by atoms with Crippen molar-refractivity contribution in [1.29, 1.82) is 0 Å². The van der Waals surface area contributed by atoms with Gasteiger partial charge in [0.05, 0.1) is 25.9 Å². The summed E-state index contributed by atoms with van der Waals surface area (Å²) in [4.78, 5) is 2.30. The number of hydrogen-bond acceptors (Lipinski definition) is 4. The first-order chi connectivity index (χ1) is 7.66. The second kappa shape index (κ2) is 4.99. The molecule has 2 rings (SSSR count). The molecule has 1 atom stereocenters. The van der Waals surface area contributed by atoms with Gasteiger partial charge in [0.25, 0.3) is 0 Å². The fraction of sp³-hybridized carbons (Fsp3) is 0.667. The van der Waals surface area contributed by atoms with E-state index in [4.69, 9.17) is 9.15 Å². The number of ether oxygens (including phenoxy) is 1. The van der Waals surface area contributed by atoms with Gasteiger partial charge in [0, 0.05) is 18.7 Å². The van der Waals surface area contributed by atoms with Crippen molar-refractivity contribution < 1.29 is 14.3 Å². The molecule has 0 aliphatic carbocycles. The minimum Gasteiger partial charge on any atom is -0.465 e. The van der Waals surface area contributed by atoms with E-state index in [-0.39, 0.29) is 0 Å². The van der Waals surface area contributed by atoms with Crippen LogP contribution in [-0.4, -0.2) is 36.3 Å². The maximum atomic E-state index is 9.53. The second-order valence-electron chi connectivity index (χ2n) is 4.29. The molecule has 2 heterocycles. The molecule has 0 saturated carbocycles. The highest BCUT2D eigenvalue weighted by Crippen LogP contribution is 2.22. The average Bonchev–Trinajstić information content (AvgIpc) is 2.61. The van der Waals surface area contributed by atoms with Crippen molar-refractivity contribution in [3.05, 3.63) is 23.2 Å². The lowest BCUT2D eigenvalue weighted by Gasteiger charge is -2.25. The van der Waals surface area contributed by atoms with E-state index >= 15 is 0 Å². The van der Waals surface area contributed by atoms with E-state index in [9.17, 15) is 5.11 Å². The molecule has 4 heteroatoms. The SMILES string of the molecule is Cc1oc(CN2CCOCC2)cc1C(C)O. The van der Waals surface area contributed by atoms with Crippen molar-refractivity contribution in [2.24, 2.45) is 0 Å². The largest absolute Gasteiger partial charge is 0.465 e. The van der Waals surface area contributed by atoms with Crippen molar-refractivity contribution in [3.63, 3.8) is 0 Å². The molecule has 1 aliphatic rings. The Hall–Kier alpha value is -0.840. The molecule has 0 spiro atoms. The fourth-order valence-electron chi connectivity index (χ4n) is 2.03. The zero-order valence-corrected chi connectivity index (χ0v) is 9.90. The third-order valence-electron chi connectivity index (χ3n) is 2.94. The van der Waals surface area contributed by atoms with Crippen LogP contribution in [0, 0.1) is 6.92 Å². The minimum atomic E-state index is -0.456. The lowest BCUT2D eigenvalue weighted by Crippen LogP contribution is -2.35. The molecular weight excluding hydrogens is 206 g/mol. The Morgan fingerprint density at radius 3 is 2.69 bits per heavy atom. The summed E-state index contributed by atoms with van der Waals surface area (Å²) < 4.78 is 10.9. The zero-order chi connectivity index (χ0) is 11.5. The highest BCUT2D eigenvalue weighted by Gasteiger charge is 2.16. The van der Waals surface area contributed by atoms with Gasteiger partial charge in [-0.05, 0) is 19.9 Å². The predicted molar refractivity (Wildman–Crippen MR) is 60.2 cm³/mol. The first kappa shape index (κ1) is 11.6. The van der Waals surface area contributed by atoms with Crippen LogP contribution in [0.3, 0.4) is 0 Å². The monoisotopic (exact) mass is 225 g/mol. The molecule has 90 valence electrons. The number of aliphatic hydroxyl groups excluding tert-OH is 1. The summed E-state index contributed by atoms with van der Waals surface area (Å²) in [6.07, 6.45) is -0.456. The molecule has 1 aromatic rings. The maximum Gasteiger partial charge on any atom is 0.118 e. The Kier molecular flexibility index (Phi) is 3.63. The van der Waals surface area contributed by atoms with Crippen LogP contribution in [-0.2, 0) is 11.3 Å². The third-order valence-corrected chi connectivity index (χ3v) is 2.94. The molecule has 1 unspecified atom stereocenters. The molecule has 1 saturated heterocycles. The lowest BCUT2D eigenvalue weighted by atomic mass is 10.1. The summed E-state index contributed by atoms with van der Waals surface area (Å²) in [6, 6.07) is 1.95. The van der Waals surface area contributed by atoms with Crippen molar-refractivity contribution in [2.45, 2.75) is 26.5 Å². The van der Waals surface area contributed by atoms with Gasteiger partial charge in [-0.3, -0.25) is 4.90 Å². The first-order valence-electron chi connectivity index (χ1n) is 5.74. The summed E-state index contributed by atoms with van der Waals surface area (Å²) in [6.45, 7) is 7.94. The van der Waals surface area contributed by atoms with E-state index in [1.807, 2.05) is 13.0 Å². The van der Waals surface area contributed by atoms with Crippen LogP contribution in [0.25, 0.3) is 0 Å². The standard InChI is InChI=1S/C12H19NO3/c1-9(14)12-7-11(16-10(12)2)8-13-3-5-15-6-4-13/h7,9,14H,3-6,8H2,1-2H3. The molecule has 4 nitrogen and oxygen atoms in total. The summed E-state index contributed by atoms with van der Waals surface area (Å²) in [5.41, 5.74) is 0.892. The molecule has 0 amide bonds. The molecule has 1 N–H and O–H groups in total. The van der Waals surface area contributed by atoms with Crippen LogP contribution in [0.15, 0.2) is 10.5 Å². The Morgan fingerprint density at radius 2 is 2.12 bits per heavy atom. The number of rotatable bonds is 3. The molecule has 16 heavy (non-hydrogen) atoms. The normalized spacial score (nSPS) is 19.9. The van der Waals surface area contributed by atoms with Gasteiger partial charge in [-0.15, -0.1) is 0 Å². The maximum absolute atomic E-state index is 9.53. The van der Waals surface area contributed by atoms with Crippen molar-refractivity contribution >= 4 is 0 Å². The van der Waals surface area contributed by atoms with Crippen LogP contribution in [0.1, 0.15) is 30.1 Å². The molecule has 1 fully saturated rings. The van der Waals surface area contributed by atoms with E-state index in [2.05, 4.69) is 4.90 Å². The van der Waals surface area contributed by atoms with Crippen LogP contribution in [0.2, 0.25) is 0 Å². The molecule has 1 aromatic heterocycles. The van der Waals surface area contributed by atoms with Gasteiger partial charge in [0.15, 0.2) is 0 Å². The van der Waals surface area contributed by atoms with E-state index in [0.717, 1.165) is 49.9 Å². The second-order valence-corrected chi connectivity index (χ2v) is 4.29. The van der Waals surface area contributed by atoms with Crippen molar-refractivity contribution in [1.82, 2.24) is 4.90 Å². The smallest absolute Gasteiger partial charge is 0.118 e. The molecular formula is C12H19NO3. The Balaban J connectivity index is 2.01. The van der Waals surface area contributed by atoms with Gasteiger partial charge in [0.2, 0.25) is 0 Å². The Labute approximate surface area is 95.8 Å². The summed E-state index contributed by atoms with van der Waals surface area (Å²) in [7, 11) is 0. The summed E-state index contributed by atoms with van der Waals surface area (Å²) in [5.74, 6) is 1.74. The first-order valence-corrected chi connectivity index (χ1v) is 5.74. The molecule has 1 aliphatic heterocycles. The molecule has 0 aromatic carbocycles. The lowest BCUT2D eigenvalue weighted by molar-refractivity contribution is 0.0312. The third kappa shape index (κ3) is 2.64. The average molecular weight is 225 g/mol. The molecule has 0 bridgehead atoms. The number of morpholine rings is 1. The zero-order valence-electron chi connectivity index (χ0n) is 9.90. The van der Waals surface area contributed by atoms with Crippen LogP contribution < -0.4 is 0 Å². The number of aliphatic hydroxyl groups is 1. The van der Waals surface area contributed by atoms with Crippen LogP contribution in [0.4, 0.5) is 0 Å². The van der Waals surface area contributed by atoms with E-state index in [1.165, 1.54) is 0 Å². The van der Waals surface area contributed by atoms with E-state index in [0.29, 0.717) is 0 Å². The fourth-order valence-corrected chi connectivity index (χ4v) is 2.03. The van der Waals surface area contributed by atoms with Gasteiger partial charge in [0.1, 0.15) is 11.5 Å². The highest BCUT2D eigenvalue weighted by atomic mass is 16.5. The Bertz CT molecular complexity index is 340. The molecule has 0 radical (unpaired) electrons. The van der Waals surface area contributed by atoms with Crippen molar-refractivity contribution in [2.75, 3.05) is 26.3 Å². The van der Waals surface area contributed by atoms with Crippen molar-refractivity contribution in [3.8, 4) is 0 Å². The van der Waals surface area contributed by atoms with Gasteiger partial charge < -0.3 is 14.3 Å². The van der Waals surface area contributed by atoms with Gasteiger partial charge in [-0.25, -0.2) is 0 Å².